The highest BCUT2D eigenvalue weighted by molar-refractivity contribution is 5.74. The van der Waals surface area contributed by atoms with Crippen LogP contribution in [0.1, 0.15) is 84.0 Å². The van der Waals surface area contributed by atoms with E-state index in [1.54, 1.807) is 0 Å². The molecule has 0 heterocycles. The Balaban J connectivity index is 3.25. The second kappa shape index (κ2) is 19.2. The van der Waals surface area contributed by atoms with Crippen LogP contribution < -0.4 is 0 Å². The van der Waals surface area contributed by atoms with Crippen molar-refractivity contribution in [1.82, 2.24) is 0 Å². The number of allylic oxidation sites excluding steroid dienone is 4. The number of aliphatic hydroxyl groups is 2. The standard InChI is InChI=1S/C21H38O4/c1-2-3-4-5-6-7-8-9-10-11-12-13-14-15-16-17-18-25-21(24)20(23)19-22/h6-7,9-10,20,22-23H,2-5,8,11-19H2,1H3/b7-6-,10-9-. The lowest BCUT2D eigenvalue weighted by Gasteiger charge is -2.07. The molecule has 0 aromatic heterocycles. The lowest BCUT2D eigenvalue weighted by Crippen LogP contribution is -2.26. The summed E-state index contributed by atoms with van der Waals surface area (Å²) in [6.45, 7) is 1.98. The zero-order valence-electron chi connectivity index (χ0n) is 16.0. The van der Waals surface area contributed by atoms with Crippen LogP contribution in [0.3, 0.4) is 0 Å². The van der Waals surface area contributed by atoms with Gasteiger partial charge in [-0.05, 0) is 38.5 Å². The number of carbonyl (C=O) groups excluding carboxylic acids is 1. The molecule has 146 valence electrons. The van der Waals surface area contributed by atoms with Gasteiger partial charge in [0.25, 0.3) is 0 Å². The van der Waals surface area contributed by atoms with Gasteiger partial charge >= 0.3 is 5.97 Å². The third-order valence-corrected chi connectivity index (χ3v) is 4.03. The van der Waals surface area contributed by atoms with Crippen molar-refractivity contribution in [2.75, 3.05) is 13.2 Å². The van der Waals surface area contributed by atoms with E-state index in [4.69, 9.17) is 14.9 Å². The first kappa shape index (κ1) is 23.9. The first-order chi connectivity index (χ1) is 12.2. The Labute approximate surface area is 154 Å². The highest BCUT2D eigenvalue weighted by atomic mass is 16.5. The maximum Gasteiger partial charge on any atom is 0.337 e. The molecule has 4 nitrogen and oxygen atoms in total. The number of esters is 1. The van der Waals surface area contributed by atoms with Crippen LogP contribution >= 0.6 is 0 Å². The minimum Gasteiger partial charge on any atom is -0.464 e. The van der Waals surface area contributed by atoms with Crippen molar-refractivity contribution in [2.45, 2.75) is 90.1 Å². The third kappa shape index (κ3) is 17.5. The lowest BCUT2D eigenvalue weighted by molar-refractivity contribution is -0.155. The second-order valence-electron chi connectivity index (χ2n) is 6.45. The Kier molecular flexibility index (Phi) is 18.3. The zero-order chi connectivity index (χ0) is 18.6. The molecular weight excluding hydrogens is 316 g/mol. The Bertz CT molecular complexity index is 350. The Morgan fingerprint density at radius 3 is 2.04 bits per heavy atom. The van der Waals surface area contributed by atoms with Crippen LogP contribution in [0, 0.1) is 0 Å². The molecule has 0 aromatic carbocycles. The van der Waals surface area contributed by atoms with Crippen LogP contribution in [0.5, 0.6) is 0 Å². The number of rotatable bonds is 17. The molecule has 0 rings (SSSR count). The van der Waals surface area contributed by atoms with Gasteiger partial charge in [0.2, 0.25) is 0 Å². The molecule has 25 heavy (non-hydrogen) atoms. The summed E-state index contributed by atoms with van der Waals surface area (Å²) in [6, 6.07) is 0. The predicted octanol–water partition coefficient (Wildman–Crippen LogP) is 4.70. The predicted molar refractivity (Wildman–Crippen MR) is 103 cm³/mol. The van der Waals surface area contributed by atoms with Gasteiger partial charge in [-0.25, -0.2) is 4.79 Å². The third-order valence-electron chi connectivity index (χ3n) is 4.03. The quantitative estimate of drug-likeness (QED) is 0.226. The molecule has 0 bridgehead atoms. The SMILES string of the molecule is CCCCC/C=C\C/C=C\CCCCCCCCOC(=O)C(O)CO. The van der Waals surface area contributed by atoms with E-state index in [0.717, 1.165) is 32.1 Å². The van der Waals surface area contributed by atoms with Gasteiger partial charge in [-0.1, -0.05) is 69.8 Å². The van der Waals surface area contributed by atoms with Crippen molar-refractivity contribution in [3.05, 3.63) is 24.3 Å². The molecule has 0 spiro atoms. The Morgan fingerprint density at radius 2 is 1.44 bits per heavy atom. The molecule has 0 saturated carbocycles. The van der Waals surface area contributed by atoms with Gasteiger partial charge in [0, 0.05) is 0 Å². The summed E-state index contributed by atoms with van der Waals surface area (Å²) in [6.07, 6.45) is 21.7. The first-order valence-electron chi connectivity index (χ1n) is 9.98. The van der Waals surface area contributed by atoms with Gasteiger partial charge in [0.05, 0.1) is 13.2 Å². The number of carbonyl (C=O) groups is 1. The van der Waals surface area contributed by atoms with E-state index >= 15 is 0 Å². The van der Waals surface area contributed by atoms with Crippen molar-refractivity contribution in [1.29, 1.82) is 0 Å². The Hall–Kier alpha value is -1.13. The molecule has 0 aromatic rings. The van der Waals surface area contributed by atoms with E-state index in [-0.39, 0.29) is 0 Å². The molecule has 0 aliphatic rings. The Morgan fingerprint density at radius 1 is 0.880 bits per heavy atom. The first-order valence-corrected chi connectivity index (χ1v) is 9.98. The maximum absolute atomic E-state index is 11.1. The van der Waals surface area contributed by atoms with Crippen LogP contribution in [0.2, 0.25) is 0 Å². The van der Waals surface area contributed by atoms with Crippen molar-refractivity contribution < 1.29 is 19.7 Å². The van der Waals surface area contributed by atoms with Crippen molar-refractivity contribution in [2.24, 2.45) is 0 Å². The summed E-state index contributed by atoms with van der Waals surface area (Å²) in [5.74, 6) is -0.731. The molecule has 1 unspecified atom stereocenters. The number of unbranched alkanes of at least 4 members (excludes halogenated alkanes) is 9. The summed E-state index contributed by atoms with van der Waals surface area (Å²) in [5, 5.41) is 17.6. The maximum atomic E-state index is 11.1. The topological polar surface area (TPSA) is 66.8 Å². The fourth-order valence-corrected chi connectivity index (χ4v) is 2.43. The smallest absolute Gasteiger partial charge is 0.337 e. The molecular formula is C21H38O4. The molecule has 0 fully saturated rings. The molecule has 0 aliphatic heterocycles. The number of ether oxygens (including phenoxy) is 1. The second-order valence-corrected chi connectivity index (χ2v) is 6.45. The van der Waals surface area contributed by atoms with E-state index in [1.165, 1.54) is 44.9 Å². The van der Waals surface area contributed by atoms with E-state index in [0.29, 0.717) is 6.61 Å². The summed E-state index contributed by atoms with van der Waals surface area (Å²) < 4.78 is 4.85. The van der Waals surface area contributed by atoms with Gasteiger partial charge in [-0.3, -0.25) is 0 Å². The molecule has 0 amide bonds. The van der Waals surface area contributed by atoms with Crippen LogP contribution in [0.25, 0.3) is 0 Å². The number of hydrogen-bond acceptors (Lipinski definition) is 4. The molecule has 2 N–H and O–H groups in total. The highest BCUT2D eigenvalue weighted by Crippen LogP contribution is 2.08. The monoisotopic (exact) mass is 354 g/mol. The summed E-state index contributed by atoms with van der Waals surface area (Å²) in [7, 11) is 0. The fraction of sp³-hybridized carbons (Fsp3) is 0.762. The van der Waals surface area contributed by atoms with Gasteiger partial charge < -0.3 is 14.9 Å². The van der Waals surface area contributed by atoms with E-state index < -0.39 is 18.7 Å². The van der Waals surface area contributed by atoms with Crippen molar-refractivity contribution in [3.8, 4) is 0 Å². The average Bonchev–Trinajstić information content (AvgIpc) is 2.63. The molecule has 1 atom stereocenters. The number of hydrogen-bond donors (Lipinski definition) is 2. The van der Waals surface area contributed by atoms with Gasteiger partial charge in [-0.2, -0.15) is 0 Å². The molecule has 4 heteroatoms. The van der Waals surface area contributed by atoms with E-state index in [9.17, 15) is 4.79 Å². The number of aliphatic hydroxyl groups excluding tert-OH is 2. The molecule has 0 saturated heterocycles. The zero-order valence-corrected chi connectivity index (χ0v) is 16.0. The van der Waals surface area contributed by atoms with E-state index in [1.807, 2.05) is 0 Å². The largest absolute Gasteiger partial charge is 0.464 e. The minimum absolute atomic E-state index is 0.324. The van der Waals surface area contributed by atoms with Crippen LogP contribution in [0.15, 0.2) is 24.3 Å². The van der Waals surface area contributed by atoms with Crippen LogP contribution in [-0.2, 0) is 9.53 Å². The van der Waals surface area contributed by atoms with Gasteiger partial charge in [-0.15, -0.1) is 0 Å². The summed E-state index contributed by atoms with van der Waals surface area (Å²) in [4.78, 5) is 11.1. The molecule has 0 radical (unpaired) electrons. The molecule has 0 aliphatic carbocycles. The highest BCUT2D eigenvalue weighted by Gasteiger charge is 2.14. The van der Waals surface area contributed by atoms with Crippen molar-refractivity contribution in [3.63, 3.8) is 0 Å². The lowest BCUT2D eigenvalue weighted by atomic mass is 10.1. The van der Waals surface area contributed by atoms with Crippen LogP contribution in [-0.4, -0.2) is 35.5 Å². The van der Waals surface area contributed by atoms with Gasteiger partial charge in [0.15, 0.2) is 6.10 Å². The van der Waals surface area contributed by atoms with E-state index in [2.05, 4.69) is 31.2 Å². The minimum atomic E-state index is -1.40. The summed E-state index contributed by atoms with van der Waals surface area (Å²) in [5.41, 5.74) is 0. The average molecular weight is 355 g/mol. The normalized spacial score (nSPS) is 12.9. The summed E-state index contributed by atoms with van der Waals surface area (Å²) >= 11 is 0. The van der Waals surface area contributed by atoms with Crippen molar-refractivity contribution >= 4 is 5.97 Å². The van der Waals surface area contributed by atoms with Crippen LogP contribution in [0.4, 0.5) is 0 Å². The fourth-order valence-electron chi connectivity index (χ4n) is 2.43. The van der Waals surface area contributed by atoms with Gasteiger partial charge in [0.1, 0.15) is 0 Å².